The summed E-state index contributed by atoms with van der Waals surface area (Å²) in [6.45, 7) is 0. The van der Waals surface area contributed by atoms with Crippen molar-refractivity contribution in [3.8, 4) is 17.3 Å². The second-order valence-corrected chi connectivity index (χ2v) is 3.00. The third-order valence-electron chi connectivity index (χ3n) is 2.01. The number of hydrogen-bond acceptors (Lipinski definition) is 6. The molecule has 0 saturated heterocycles. The van der Waals surface area contributed by atoms with E-state index in [2.05, 4.69) is 20.4 Å². The van der Waals surface area contributed by atoms with E-state index in [4.69, 9.17) is 10.6 Å². The Morgan fingerprint density at radius 2 is 2.12 bits per heavy atom. The average Bonchev–Trinajstić information content (AvgIpc) is 2.39. The lowest BCUT2D eigenvalue weighted by atomic mass is 10.2. The molecule has 0 aromatic carbocycles. The number of hydrazine groups is 1. The molecule has 6 heteroatoms. The Kier molecular flexibility index (Phi) is 2.93. The normalized spacial score (nSPS) is 9.88. The van der Waals surface area contributed by atoms with Crippen LogP contribution < -0.4 is 16.0 Å². The Hall–Kier alpha value is -2.21. The third-order valence-corrected chi connectivity index (χ3v) is 2.01. The highest BCUT2D eigenvalue weighted by atomic mass is 16.5. The van der Waals surface area contributed by atoms with Gasteiger partial charge in [-0.25, -0.2) is 20.8 Å². The summed E-state index contributed by atoms with van der Waals surface area (Å²) in [5.41, 5.74) is 3.27. The fraction of sp³-hybridized carbons (Fsp3) is 0.100. The molecule has 82 valence electrons. The van der Waals surface area contributed by atoms with E-state index < -0.39 is 0 Å². The predicted molar refractivity (Wildman–Crippen MR) is 59.6 cm³/mol. The first-order valence-electron chi connectivity index (χ1n) is 4.63. The van der Waals surface area contributed by atoms with Crippen LogP contribution >= 0.6 is 0 Å². The van der Waals surface area contributed by atoms with Crippen LogP contribution in [0.1, 0.15) is 0 Å². The van der Waals surface area contributed by atoms with Crippen LogP contribution in [-0.2, 0) is 0 Å². The van der Waals surface area contributed by atoms with E-state index in [1.165, 1.54) is 0 Å². The Bertz CT molecular complexity index is 471. The highest BCUT2D eigenvalue weighted by Crippen LogP contribution is 2.16. The number of nitrogen functional groups attached to an aromatic ring is 1. The molecule has 0 unspecified atom stereocenters. The molecule has 0 aliphatic rings. The maximum absolute atomic E-state index is 5.27. The van der Waals surface area contributed by atoms with E-state index in [1.807, 2.05) is 6.07 Å². The molecule has 0 aliphatic heterocycles. The summed E-state index contributed by atoms with van der Waals surface area (Å²) in [6.07, 6.45) is 3.27. The van der Waals surface area contributed by atoms with Crippen molar-refractivity contribution < 1.29 is 4.74 Å². The summed E-state index contributed by atoms with van der Waals surface area (Å²) in [5.74, 6) is 6.94. The monoisotopic (exact) mass is 217 g/mol. The number of anilines is 1. The Morgan fingerprint density at radius 3 is 2.75 bits per heavy atom. The number of ether oxygens (including phenoxy) is 1. The van der Waals surface area contributed by atoms with Gasteiger partial charge in [-0.3, -0.25) is 0 Å². The van der Waals surface area contributed by atoms with Gasteiger partial charge in [0.1, 0.15) is 5.82 Å². The number of nitrogens with zero attached hydrogens (tertiary/aromatic N) is 3. The summed E-state index contributed by atoms with van der Waals surface area (Å²) >= 11 is 0. The van der Waals surface area contributed by atoms with Gasteiger partial charge in [-0.05, 0) is 6.07 Å². The fourth-order valence-electron chi connectivity index (χ4n) is 1.21. The first-order valence-corrected chi connectivity index (χ1v) is 4.63. The van der Waals surface area contributed by atoms with Crippen LogP contribution in [0.5, 0.6) is 5.88 Å². The van der Waals surface area contributed by atoms with Gasteiger partial charge in [0, 0.05) is 30.1 Å². The van der Waals surface area contributed by atoms with E-state index in [9.17, 15) is 0 Å². The third kappa shape index (κ3) is 2.06. The highest BCUT2D eigenvalue weighted by Gasteiger charge is 2.02. The van der Waals surface area contributed by atoms with Crippen LogP contribution in [0.25, 0.3) is 11.4 Å². The van der Waals surface area contributed by atoms with Crippen LogP contribution in [0.2, 0.25) is 0 Å². The molecule has 0 aliphatic carbocycles. The lowest BCUT2D eigenvalue weighted by Crippen LogP contribution is -2.09. The van der Waals surface area contributed by atoms with Crippen LogP contribution in [0, 0.1) is 0 Å². The Morgan fingerprint density at radius 1 is 1.25 bits per heavy atom. The Balaban J connectivity index is 2.34. The molecule has 16 heavy (non-hydrogen) atoms. The van der Waals surface area contributed by atoms with Gasteiger partial charge in [-0.1, -0.05) is 0 Å². The summed E-state index contributed by atoms with van der Waals surface area (Å²) in [4.78, 5) is 12.4. The first-order chi connectivity index (χ1) is 7.83. The first kappa shape index (κ1) is 10.3. The number of rotatable bonds is 3. The molecule has 0 amide bonds. The molecule has 0 bridgehead atoms. The smallest absolute Gasteiger partial charge is 0.212 e. The van der Waals surface area contributed by atoms with Gasteiger partial charge in [-0.15, -0.1) is 0 Å². The lowest BCUT2D eigenvalue weighted by molar-refractivity contribution is 0.398. The van der Waals surface area contributed by atoms with Crippen molar-refractivity contribution >= 4 is 5.82 Å². The topological polar surface area (TPSA) is 86.0 Å². The molecule has 0 saturated carbocycles. The van der Waals surface area contributed by atoms with E-state index >= 15 is 0 Å². The van der Waals surface area contributed by atoms with Crippen LogP contribution in [0.15, 0.2) is 30.6 Å². The molecule has 0 atom stereocenters. The molecule has 3 N–H and O–H groups in total. The van der Waals surface area contributed by atoms with E-state index in [-0.39, 0.29) is 0 Å². The number of nitrogens with one attached hydrogen (secondary N) is 1. The fourth-order valence-corrected chi connectivity index (χ4v) is 1.21. The van der Waals surface area contributed by atoms with Gasteiger partial charge in [0.2, 0.25) is 5.88 Å². The lowest BCUT2D eigenvalue weighted by Gasteiger charge is -2.03. The number of aromatic nitrogens is 3. The molecular weight excluding hydrogens is 206 g/mol. The molecule has 2 aromatic heterocycles. The summed E-state index contributed by atoms with van der Waals surface area (Å²) < 4.78 is 4.97. The van der Waals surface area contributed by atoms with Crippen LogP contribution in [-0.4, -0.2) is 22.1 Å². The zero-order chi connectivity index (χ0) is 11.4. The van der Waals surface area contributed by atoms with E-state index in [1.54, 1.807) is 31.6 Å². The molecule has 2 aromatic rings. The van der Waals surface area contributed by atoms with Gasteiger partial charge >= 0.3 is 0 Å². The van der Waals surface area contributed by atoms with Gasteiger partial charge in [0.15, 0.2) is 5.82 Å². The molecule has 6 nitrogen and oxygen atoms in total. The summed E-state index contributed by atoms with van der Waals surface area (Å²) in [7, 11) is 1.57. The van der Waals surface area contributed by atoms with Crippen molar-refractivity contribution in [3.05, 3.63) is 30.6 Å². The highest BCUT2D eigenvalue weighted by molar-refractivity contribution is 5.55. The van der Waals surface area contributed by atoms with Gasteiger partial charge in [0.05, 0.1) is 7.11 Å². The van der Waals surface area contributed by atoms with Crippen molar-refractivity contribution in [1.82, 2.24) is 15.0 Å². The van der Waals surface area contributed by atoms with Gasteiger partial charge in [0.25, 0.3) is 0 Å². The average molecular weight is 217 g/mol. The van der Waals surface area contributed by atoms with E-state index in [0.717, 1.165) is 5.56 Å². The van der Waals surface area contributed by atoms with Crippen molar-refractivity contribution in [3.63, 3.8) is 0 Å². The molecule has 0 radical (unpaired) electrons. The van der Waals surface area contributed by atoms with Crippen molar-refractivity contribution in [1.29, 1.82) is 0 Å². The zero-order valence-electron chi connectivity index (χ0n) is 8.71. The Labute approximate surface area is 92.5 Å². The number of pyridine rings is 1. The SMILES string of the molecule is COc1ccc(-c2nccc(NN)n2)cn1. The largest absolute Gasteiger partial charge is 0.481 e. The van der Waals surface area contributed by atoms with Crippen molar-refractivity contribution in [2.45, 2.75) is 0 Å². The summed E-state index contributed by atoms with van der Waals surface area (Å²) in [5, 5.41) is 0. The molecule has 2 rings (SSSR count). The molecule has 2 heterocycles. The van der Waals surface area contributed by atoms with Crippen molar-refractivity contribution in [2.24, 2.45) is 5.84 Å². The maximum atomic E-state index is 5.27. The molecule has 0 spiro atoms. The minimum Gasteiger partial charge on any atom is -0.481 e. The minimum atomic E-state index is 0.553. The van der Waals surface area contributed by atoms with Crippen LogP contribution in [0.3, 0.4) is 0 Å². The molecule has 0 fully saturated rings. The molecular formula is C10H11N5O. The standard InChI is InChI=1S/C10H11N5O/c1-16-9-3-2-7(6-13-9)10-12-5-4-8(14-10)15-11/h2-6H,11H2,1H3,(H,12,14,15). The quantitative estimate of drug-likeness (QED) is 0.585. The van der Waals surface area contributed by atoms with E-state index in [0.29, 0.717) is 17.5 Å². The minimum absolute atomic E-state index is 0.553. The summed E-state index contributed by atoms with van der Waals surface area (Å²) in [6, 6.07) is 5.27. The van der Waals surface area contributed by atoms with Crippen molar-refractivity contribution in [2.75, 3.05) is 12.5 Å². The second kappa shape index (κ2) is 4.54. The van der Waals surface area contributed by atoms with Crippen LogP contribution in [0.4, 0.5) is 5.82 Å². The van der Waals surface area contributed by atoms with Gasteiger partial charge < -0.3 is 10.2 Å². The number of nitrogens with two attached hydrogens (primary N) is 1. The zero-order valence-corrected chi connectivity index (χ0v) is 8.71. The predicted octanol–water partition coefficient (Wildman–Crippen LogP) is 0.833. The second-order valence-electron chi connectivity index (χ2n) is 3.00. The number of hydrogen-bond donors (Lipinski definition) is 2. The number of methoxy groups -OCH3 is 1. The van der Waals surface area contributed by atoms with Gasteiger partial charge in [-0.2, -0.15) is 0 Å². The maximum Gasteiger partial charge on any atom is 0.212 e.